The lowest BCUT2D eigenvalue weighted by Gasteiger charge is -2.23. The molecule has 1 fully saturated rings. The molecule has 4 nitrogen and oxygen atoms in total. The van der Waals surface area contributed by atoms with Gasteiger partial charge in [-0.2, -0.15) is 0 Å². The van der Waals surface area contributed by atoms with E-state index in [0.717, 1.165) is 37.1 Å². The van der Waals surface area contributed by atoms with Crippen LogP contribution in [-0.2, 0) is 0 Å². The number of carbonyl (C=O) groups excluding carboxylic acids is 1. The van der Waals surface area contributed by atoms with Gasteiger partial charge in [0.25, 0.3) is 5.91 Å². The number of hydrogen-bond donors (Lipinski definition) is 2. The molecule has 0 unspecified atom stereocenters. The van der Waals surface area contributed by atoms with Gasteiger partial charge in [0.05, 0.1) is 5.56 Å². The van der Waals surface area contributed by atoms with Gasteiger partial charge in [0.15, 0.2) is 0 Å². The monoisotopic (exact) mass is 281 g/mol. The van der Waals surface area contributed by atoms with Crippen LogP contribution < -0.4 is 10.6 Å². The number of amides is 1. The first-order chi connectivity index (χ1) is 10.3. The first-order valence-electron chi connectivity index (χ1n) is 7.35. The molecule has 108 valence electrons. The summed E-state index contributed by atoms with van der Waals surface area (Å²) in [7, 11) is 0. The maximum atomic E-state index is 12.3. The van der Waals surface area contributed by atoms with Crippen LogP contribution in [0.4, 0.5) is 0 Å². The van der Waals surface area contributed by atoms with Gasteiger partial charge in [-0.25, -0.2) is 0 Å². The Kier molecular flexibility index (Phi) is 4.26. The van der Waals surface area contributed by atoms with Crippen LogP contribution in [0, 0.1) is 0 Å². The topological polar surface area (TPSA) is 54.0 Å². The molecule has 1 aliphatic heterocycles. The number of carbonyl (C=O) groups is 1. The molecular weight excluding hydrogens is 262 g/mol. The van der Waals surface area contributed by atoms with Crippen molar-refractivity contribution in [1.82, 2.24) is 15.6 Å². The van der Waals surface area contributed by atoms with Gasteiger partial charge in [-0.3, -0.25) is 9.78 Å². The molecule has 1 aliphatic rings. The van der Waals surface area contributed by atoms with Crippen molar-refractivity contribution in [3.8, 4) is 11.1 Å². The number of rotatable bonds is 3. The van der Waals surface area contributed by atoms with E-state index < -0.39 is 0 Å². The van der Waals surface area contributed by atoms with Crippen LogP contribution in [0.3, 0.4) is 0 Å². The summed E-state index contributed by atoms with van der Waals surface area (Å²) in [5.74, 6) is -0.0350. The normalized spacial score (nSPS) is 15.6. The molecular formula is C17H19N3O. The van der Waals surface area contributed by atoms with Crippen LogP contribution in [0.1, 0.15) is 23.2 Å². The zero-order valence-corrected chi connectivity index (χ0v) is 11.9. The molecule has 0 spiro atoms. The highest BCUT2D eigenvalue weighted by Crippen LogP contribution is 2.19. The van der Waals surface area contributed by atoms with Crippen LogP contribution in [0.25, 0.3) is 11.1 Å². The van der Waals surface area contributed by atoms with E-state index in [9.17, 15) is 4.79 Å². The number of nitrogens with zero attached hydrogens (tertiary/aromatic N) is 1. The molecule has 1 aromatic heterocycles. The molecule has 2 aromatic rings. The molecule has 4 heteroatoms. The van der Waals surface area contributed by atoms with Crippen molar-refractivity contribution in [2.24, 2.45) is 0 Å². The standard InChI is InChI=1S/C17H19N3O/c21-17(20-16-6-8-18-9-7-16)15-10-14(11-19-12-15)13-4-2-1-3-5-13/h1-5,10-12,16,18H,6-9H2,(H,20,21). The molecule has 0 atom stereocenters. The van der Waals surface area contributed by atoms with Gasteiger partial charge in [-0.15, -0.1) is 0 Å². The highest BCUT2D eigenvalue weighted by atomic mass is 16.1. The molecule has 0 bridgehead atoms. The van der Waals surface area contributed by atoms with Gasteiger partial charge >= 0.3 is 0 Å². The van der Waals surface area contributed by atoms with E-state index in [1.165, 1.54) is 0 Å². The van der Waals surface area contributed by atoms with E-state index in [1.54, 1.807) is 12.4 Å². The average Bonchev–Trinajstić information content (AvgIpc) is 2.57. The number of nitrogens with one attached hydrogen (secondary N) is 2. The Morgan fingerprint density at radius 3 is 2.62 bits per heavy atom. The lowest BCUT2D eigenvalue weighted by atomic mass is 10.0. The molecule has 2 heterocycles. The quantitative estimate of drug-likeness (QED) is 0.907. The van der Waals surface area contributed by atoms with Gasteiger partial charge in [0.2, 0.25) is 0 Å². The summed E-state index contributed by atoms with van der Waals surface area (Å²) in [4.78, 5) is 16.5. The van der Waals surface area contributed by atoms with E-state index in [2.05, 4.69) is 15.6 Å². The Hall–Kier alpha value is -2.20. The van der Waals surface area contributed by atoms with Gasteiger partial charge in [0.1, 0.15) is 0 Å². The van der Waals surface area contributed by atoms with Gasteiger partial charge in [-0.1, -0.05) is 30.3 Å². The summed E-state index contributed by atoms with van der Waals surface area (Å²) >= 11 is 0. The van der Waals surface area contributed by atoms with Crippen LogP contribution in [0.2, 0.25) is 0 Å². The maximum Gasteiger partial charge on any atom is 0.253 e. The van der Waals surface area contributed by atoms with Gasteiger partial charge in [-0.05, 0) is 37.6 Å². The number of aromatic nitrogens is 1. The second-order valence-electron chi connectivity index (χ2n) is 5.33. The molecule has 0 radical (unpaired) electrons. The van der Waals surface area contributed by atoms with E-state index in [0.29, 0.717) is 5.56 Å². The molecule has 1 amide bonds. The third kappa shape index (κ3) is 3.47. The van der Waals surface area contributed by atoms with Crippen LogP contribution in [0.15, 0.2) is 48.8 Å². The predicted molar refractivity (Wildman–Crippen MR) is 83.0 cm³/mol. The van der Waals surface area contributed by atoms with E-state index in [4.69, 9.17) is 0 Å². The summed E-state index contributed by atoms with van der Waals surface area (Å²) in [5.41, 5.74) is 2.66. The fourth-order valence-corrected chi connectivity index (χ4v) is 2.59. The first-order valence-corrected chi connectivity index (χ1v) is 7.35. The molecule has 0 saturated carbocycles. The van der Waals surface area contributed by atoms with E-state index in [1.807, 2.05) is 36.4 Å². The zero-order valence-electron chi connectivity index (χ0n) is 11.9. The fourth-order valence-electron chi connectivity index (χ4n) is 2.59. The lowest BCUT2D eigenvalue weighted by Crippen LogP contribution is -2.42. The van der Waals surface area contributed by atoms with Crippen molar-refractivity contribution < 1.29 is 4.79 Å². The van der Waals surface area contributed by atoms with Crippen LogP contribution >= 0.6 is 0 Å². The summed E-state index contributed by atoms with van der Waals surface area (Å²) < 4.78 is 0. The van der Waals surface area contributed by atoms with Crippen LogP contribution in [0.5, 0.6) is 0 Å². The van der Waals surface area contributed by atoms with Crippen molar-refractivity contribution in [3.05, 3.63) is 54.4 Å². The first kappa shape index (κ1) is 13.8. The molecule has 1 aromatic carbocycles. The predicted octanol–water partition coefficient (Wildman–Crippen LogP) is 2.23. The van der Waals surface area contributed by atoms with Crippen LogP contribution in [-0.4, -0.2) is 30.0 Å². The van der Waals surface area contributed by atoms with Crippen molar-refractivity contribution in [3.63, 3.8) is 0 Å². The molecule has 1 saturated heterocycles. The molecule has 21 heavy (non-hydrogen) atoms. The van der Waals surface area contributed by atoms with Gasteiger partial charge in [0, 0.05) is 24.0 Å². The van der Waals surface area contributed by atoms with Gasteiger partial charge < -0.3 is 10.6 Å². The molecule has 3 rings (SSSR count). The Morgan fingerprint density at radius 2 is 1.86 bits per heavy atom. The summed E-state index contributed by atoms with van der Waals surface area (Å²) in [6, 6.07) is 12.1. The number of piperidine rings is 1. The SMILES string of the molecule is O=C(NC1CCNCC1)c1cncc(-c2ccccc2)c1. The maximum absolute atomic E-state index is 12.3. The average molecular weight is 281 g/mol. The highest BCUT2D eigenvalue weighted by Gasteiger charge is 2.16. The van der Waals surface area contributed by atoms with Crippen molar-refractivity contribution in [2.45, 2.75) is 18.9 Å². The largest absolute Gasteiger partial charge is 0.349 e. The minimum Gasteiger partial charge on any atom is -0.349 e. The Bertz CT molecular complexity index is 606. The third-order valence-corrected chi connectivity index (χ3v) is 3.78. The lowest BCUT2D eigenvalue weighted by molar-refractivity contribution is 0.0929. The Balaban J connectivity index is 1.74. The van der Waals surface area contributed by atoms with E-state index in [-0.39, 0.29) is 11.9 Å². The molecule has 0 aliphatic carbocycles. The van der Waals surface area contributed by atoms with Crippen molar-refractivity contribution >= 4 is 5.91 Å². The number of hydrogen-bond acceptors (Lipinski definition) is 3. The molecule has 2 N–H and O–H groups in total. The second-order valence-corrected chi connectivity index (χ2v) is 5.33. The number of pyridine rings is 1. The minimum atomic E-state index is -0.0350. The third-order valence-electron chi connectivity index (χ3n) is 3.78. The Labute approximate surface area is 124 Å². The summed E-state index contributed by atoms with van der Waals surface area (Å²) in [5, 5.41) is 6.39. The Morgan fingerprint density at radius 1 is 1.10 bits per heavy atom. The smallest absolute Gasteiger partial charge is 0.253 e. The summed E-state index contributed by atoms with van der Waals surface area (Å²) in [6.07, 6.45) is 5.38. The zero-order chi connectivity index (χ0) is 14.5. The van der Waals surface area contributed by atoms with Crippen molar-refractivity contribution in [1.29, 1.82) is 0 Å². The second kappa shape index (κ2) is 6.50. The highest BCUT2D eigenvalue weighted by molar-refractivity contribution is 5.95. The summed E-state index contributed by atoms with van der Waals surface area (Å²) in [6.45, 7) is 1.93. The minimum absolute atomic E-state index is 0.0350. The van der Waals surface area contributed by atoms with Crippen molar-refractivity contribution in [2.75, 3.05) is 13.1 Å². The number of benzene rings is 1. The van der Waals surface area contributed by atoms with E-state index >= 15 is 0 Å². The fraction of sp³-hybridized carbons (Fsp3) is 0.294.